The second-order valence-corrected chi connectivity index (χ2v) is 11.8. The van der Waals surface area contributed by atoms with Crippen LogP contribution in [-0.4, -0.2) is 60.2 Å². The molecule has 1 saturated heterocycles. The van der Waals surface area contributed by atoms with Gasteiger partial charge in [-0.05, 0) is 49.0 Å². The molecule has 0 aromatic heterocycles. The van der Waals surface area contributed by atoms with Gasteiger partial charge in [0.15, 0.2) is 6.29 Å². The Bertz CT molecular complexity index is 1060. The maximum absolute atomic E-state index is 13.1. The number of ether oxygens (including phenoxy) is 4. The highest BCUT2D eigenvalue weighted by Crippen LogP contribution is 2.67. The van der Waals surface area contributed by atoms with Crippen LogP contribution in [0.25, 0.3) is 0 Å². The van der Waals surface area contributed by atoms with E-state index in [1.54, 1.807) is 18.2 Å². The van der Waals surface area contributed by atoms with Gasteiger partial charge in [-0.1, -0.05) is 82.7 Å². The molecule has 2 fully saturated rings. The molecule has 1 saturated carbocycles. The molecule has 8 nitrogen and oxygen atoms in total. The van der Waals surface area contributed by atoms with E-state index in [0.717, 1.165) is 31.3 Å². The van der Waals surface area contributed by atoms with Crippen molar-refractivity contribution in [2.24, 2.45) is 22.7 Å². The van der Waals surface area contributed by atoms with Crippen LogP contribution in [0.3, 0.4) is 0 Å². The Morgan fingerprint density at radius 3 is 2.59 bits per heavy atom. The molecule has 9 atom stereocenters. The predicted molar refractivity (Wildman–Crippen MR) is 156 cm³/mol. The van der Waals surface area contributed by atoms with Crippen molar-refractivity contribution >= 4 is 11.9 Å². The Hall–Kier alpha value is -2.52. The number of methoxy groups -OCH3 is 1. The van der Waals surface area contributed by atoms with Gasteiger partial charge in [0.1, 0.15) is 12.2 Å². The maximum Gasteiger partial charge on any atom is 0.331 e. The number of unbranched alkanes of at least 4 members (excludes halogenated alkanes) is 3. The van der Waals surface area contributed by atoms with Crippen LogP contribution in [0.5, 0.6) is 0 Å². The van der Waals surface area contributed by atoms with Gasteiger partial charge in [0.25, 0.3) is 0 Å². The van der Waals surface area contributed by atoms with Crippen molar-refractivity contribution < 1.29 is 38.7 Å². The van der Waals surface area contributed by atoms with E-state index in [1.165, 1.54) is 20.1 Å². The van der Waals surface area contributed by atoms with Crippen LogP contribution in [0.1, 0.15) is 72.6 Å². The summed E-state index contributed by atoms with van der Waals surface area (Å²) in [5, 5.41) is 23.2. The molecule has 41 heavy (non-hydrogen) atoms. The van der Waals surface area contributed by atoms with Crippen LogP contribution >= 0.6 is 0 Å². The summed E-state index contributed by atoms with van der Waals surface area (Å²) in [6.45, 7) is 15.4. The van der Waals surface area contributed by atoms with E-state index in [4.69, 9.17) is 18.9 Å². The molecule has 8 heteroatoms. The average Bonchev–Trinajstić information content (AvgIpc) is 3.24. The molecule has 0 amide bonds. The van der Waals surface area contributed by atoms with E-state index in [9.17, 15) is 19.8 Å². The minimum absolute atomic E-state index is 0.295. The first-order chi connectivity index (χ1) is 19.5. The maximum atomic E-state index is 13.1. The van der Waals surface area contributed by atoms with Crippen molar-refractivity contribution in [1.29, 1.82) is 0 Å². The number of carbonyl (C=O) groups is 2. The van der Waals surface area contributed by atoms with Crippen LogP contribution in [-0.2, 0) is 28.5 Å². The van der Waals surface area contributed by atoms with Crippen molar-refractivity contribution in [3.8, 4) is 0 Å². The largest absolute Gasteiger partial charge is 0.456 e. The Labute approximate surface area is 244 Å². The Morgan fingerprint density at radius 2 is 1.95 bits per heavy atom. The zero-order chi connectivity index (χ0) is 30.4. The van der Waals surface area contributed by atoms with Crippen molar-refractivity contribution in [3.63, 3.8) is 0 Å². The van der Waals surface area contributed by atoms with Crippen LogP contribution in [0.2, 0.25) is 0 Å². The van der Waals surface area contributed by atoms with Gasteiger partial charge >= 0.3 is 11.9 Å². The van der Waals surface area contributed by atoms with Crippen molar-refractivity contribution in [2.45, 2.75) is 104 Å². The van der Waals surface area contributed by atoms with Crippen LogP contribution in [0.15, 0.2) is 60.8 Å². The monoisotopic (exact) mass is 572 g/mol. The van der Waals surface area contributed by atoms with Crippen molar-refractivity contribution in [3.05, 3.63) is 60.8 Å². The highest BCUT2D eigenvalue weighted by atomic mass is 16.8. The minimum atomic E-state index is -1.31. The lowest BCUT2D eigenvalue weighted by Gasteiger charge is -2.62. The summed E-state index contributed by atoms with van der Waals surface area (Å²) in [6, 6.07) is 0. The summed E-state index contributed by atoms with van der Waals surface area (Å²) in [7, 11) is 1.45. The minimum Gasteiger partial charge on any atom is -0.456 e. The third-order valence-electron chi connectivity index (χ3n) is 9.41. The standard InChI is InChI=1S/C33H48O8/c1-8-10-11-12-13-14-15-16-27(36)40-28-22(4)32(6,18-17-21(3)9-2)26-20-24(35)19-25-30(38-7)41-31(39-23(5)34)33(25,26)29(28)37/h9,13-16,19,22,24,26,28-31,35,37H,2-3,8,10-12,17-18,20H2,1,4-7H3/b14-13+,16-15+/t22-,24+,26+,28-,29+,30+,31+,32-,33-/m1/s1. The normalized spacial score (nSPS) is 36.5. The van der Waals surface area contributed by atoms with Gasteiger partial charge in [-0.3, -0.25) is 4.79 Å². The number of carbonyl (C=O) groups excluding carboxylic acids is 2. The number of allylic oxidation sites excluding steroid dienone is 5. The number of aliphatic hydroxyl groups excluding tert-OH is 2. The van der Waals surface area contributed by atoms with Gasteiger partial charge < -0.3 is 29.2 Å². The number of aliphatic hydroxyl groups is 2. The number of hydrogen-bond donors (Lipinski definition) is 2. The lowest BCUT2D eigenvalue weighted by molar-refractivity contribution is -0.276. The summed E-state index contributed by atoms with van der Waals surface area (Å²) < 4.78 is 23.4. The molecule has 0 radical (unpaired) electrons. The fourth-order valence-corrected chi connectivity index (χ4v) is 7.06. The first-order valence-electron chi connectivity index (χ1n) is 14.7. The van der Waals surface area contributed by atoms with E-state index in [1.807, 2.05) is 19.1 Å². The van der Waals surface area contributed by atoms with E-state index >= 15 is 0 Å². The van der Waals surface area contributed by atoms with Gasteiger partial charge in [-0.15, -0.1) is 0 Å². The van der Waals surface area contributed by atoms with Gasteiger partial charge in [0.05, 0.1) is 11.5 Å². The molecular formula is C33H48O8. The van der Waals surface area contributed by atoms with Gasteiger partial charge in [0, 0.05) is 26.0 Å². The summed E-state index contributed by atoms with van der Waals surface area (Å²) in [4.78, 5) is 25.3. The molecule has 1 spiro atoms. The lowest BCUT2D eigenvalue weighted by Crippen LogP contribution is -2.68. The fraction of sp³-hybridized carbons (Fsp3) is 0.636. The molecular weight excluding hydrogens is 524 g/mol. The summed E-state index contributed by atoms with van der Waals surface area (Å²) in [6.07, 6.45) is 10.7. The molecule has 228 valence electrons. The molecule has 3 aliphatic rings. The fourth-order valence-electron chi connectivity index (χ4n) is 7.06. The van der Waals surface area contributed by atoms with Crippen molar-refractivity contribution in [2.75, 3.05) is 7.11 Å². The lowest BCUT2D eigenvalue weighted by atomic mass is 9.44. The van der Waals surface area contributed by atoms with E-state index in [-0.39, 0.29) is 5.92 Å². The first kappa shape index (κ1) is 33.0. The molecule has 2 N–H and O–H groups in total. The smallest absolute Gasteiger partial charge is 0.331 e. The molecule has 1 heterocycles. The Morgan fingerprint density at radius 1 is 1.22 bits per heavy atom. The molecule has 0 aromatic rings. The predicted octanol–water partition coefficient (Wildman–Crippen LogP) is 5.32. The van der Waals surface area contributed by atoms with Crippen LogP contribution < -0.4 is 0 Å². The van der Waals surface area contributed by atoms with Gasteiger partial charge in [-0.25, -0.2) is 4.79 Å². The van der Waals surface area contributed by atoms with E-state index < -0.39 is 59.6 Å². The van der Waals surface area contributed by atoms with Gasteiger partial charge in [0.2, 0.25) is 6.29 Å². The van der Waals surface area contributed by atoms with Crippen LogP contribution in [0, 0.1) is 22.7 Å². The van der Waals surface area contributed by atoms with E-state index in [2.05, 4.69) is 27.0 Å². The third kappa shape index (κ3) is 6.61. The molecule has 0 aromatic carbocycles. The first-order valence-corrected chi connectivity index (χ1v) is 14.7. The highest BCUT2D eigenvalue weighted by molar-refractivity contribution is 5.82. The molecule has 3 rings (SSSR count). The third-order valence-corrected chi connectivity index (χ3v) is 9.41. The topological polar surface area (TPSA) is 112 Å². The summed E-state index contributed by atoms with van der Waals surface area (Å²) in [5.41, 5.74) is -0.572. The van der Waals surface area contributed by atoms with Crippen molar-refractivity contribution in [1.82, 2.24) is 0 Å². The van der Waals surface area contributed by atoms with Crippen LogP contribution in [0.4, 0.5) is 0 Å². The number of rotatable bonds is 13. The quantitative estimate of drug-likeness (QED) is 0.100. The SMILES string of the molecule is C=CC(=C)CC[C@]1(C)[C@H](C)[C@@H](OC(=O)/C=C/C=C/CCCCC)[C@H](O)[C@@]23C(=C[C@H](O)C[C@@H]12)[C@@H](OC)O[C@@H]3OC(C)=O. The van der Waals surface area contributed by atoms with Gasteiger partial charge in [-0.2, -0.15) is 0 Å². The summed E-state index contributed by atoms with van der Waals surface area (Å²) >= 11 is 0. The Balaban J connectivity index is 2.05. The second-order valence-electron chi connectivity index (χ2n) is 11.8. The number of esters is 2. The number of hydrogen-bond acceptors (Lipinski definition) is 8. The zero-order valence-electron chi connectivity index (χ0n) is 25.2. The zero-order valence-corrected chi connectivity index (χ0v) is 25.2. The molecule has 0 unspecified atom stereocenters. The Kier molecular flexibility index (Phi) is 11.3. The molecule has 1 aliphatic heterocycles. The average molecular weight is 573 g/mol. The highest BCUT2D eigenvalue weighted by Gasteiger charge is 2.73. The van der Waals surface area contributed by atoms with E-state index in [0.29, 0.717) is 24.8 Å². The second kappa shape index (κ2) is 14.1. The molecule has 2 aliphatic carbocycles. The molecule has 0 bridgehead atoms. The summed E-state index contributed by atoms with van der Waals surface area (Å²) in [5.74, 6) is -1.91.